The molecule has 0 atom stereocenters. The number of thiazole rings is 1. The fraction of sp³-hybridized carbons (Fsp3) is 0. The van der Waals surface area contributed by atoms with Gasteiger partial charge >= 0.3 is 0 Å². The fourth-order valence-electron chi connectivity index (χ4n) is 1.59. The molecule has 0 bridgehead atoms. The number of halogens is 1. The number of hydrogen-bond acceptors (Lipinski definition) is 3. The molecule has 3 aromatic rings. The van der Waals surface area contributed by atoms with E-state index in [1.54, 1.807) is 10.6 Å². The van der Waals surface area contributed by atoms with Crippen molar-refractivity contribution in [1.29, 1.82) is 0 Å². The molecule has 0 aliphatic heterocycles. The second-order valence-electron chi connectivity index (χ2n) is 3.66. The van der Waals surface area contributed by atoms with Crippen molar-refractivity contribution in [3.8, 4) is 5.88 Å². The summed E-state index contributed by atoms with van der Waals surface area (Å²) in [5, 5.41) is 12.8. The summed E-state index contributed by atoms with van der Waals surface area (Å²) >= 11 is 8.82. The van der Waals surface area contributed by atoms with Gasteiger partial charge in [0.05, 0.1) is 0 Å². The Kier molecular flexibility index (Phi) is 3.16. The topological polar surface area (TPSA) is 27.2 Å². The largest absolute Gasteiger partial charge is 0.821 e. The van der Waals surface area contributed by atoms with E-state index in [9.17, 15) is 5.11 Å². The van der Waals surface area contributed by atoms with Gasteiger partial charge in [0.15, 0.2) is 12.1 Å². The first-order valence-electron chi connectivity index (χ1n) is 5.28. The molecule has 0 spiro atoms. The smallest absolute Gasteiger partial charge is 0.267 e. The molecule has 0 radical (unpaired) electrons. The molecule has 0 aliphatic rings. The van der Waals surface area contributed by atoms with Crippen LogP contribution in [0.25, 0.3) is 4.83 Å². The van der Waals surface area contributed by atoms with E-state index in [4.69, 9.17) is 11.6 Å². The lowest BCUT2D eigenvalue weighted by Gasteiger charge is -2.01. The third-order valence-corrected chi connectivity index (χ3v) is 4.96. The van der Waals surface area contributed by atoms with Crippen LogP contribution < -0.4 is 9.51 Å². The summed E-state index contributed by atoms with van der Waals surface area (Å²) in [6.07, 6.45) is 1.79. The molecule has 0 saturated heterocycles. The van der Waals surface area contributed by atoms with E-state index in [1.807, 2.05) is 42.5 Å². The summed E-state index contributed by atoms with van der Waals surface area (Å²) in [7, 11) is 0. The molecule has 0 N–H and O–H groups in total. The average Bonchev–Trinajstić information content (AvgIpc) is 2.70. The number of aromatic nitrogens is 1. The monoisotopic (exact) mass is 293 g/mol. The summed E-state index contributed by atoms with van der Waals surface area (Å²) in [5.74, 6) is 0.0375. The number of benzene rings is 1. The Morgan fingerprint density at radius 2 is 1.89 bits per heavy atom. The van der Waals surface area contributed by atoms with Gasteiger partial charge in [0.2, 0.25) is 0 Å². The molecule has 0 aliphatic carbocycles. The lowest BCUT2D eigenvalue weighted by atomic mass is 10.4. The molecule has 0 amide bonds. The van der Waals surface area contributed by atoms with Gasteiger partial charge in [-0.2, -0.15) is 4.40 Å². The molecular weight excluding hydrogens is 286 g/mol. The molecule has 2 nitrogen and oxygen atoms in total. The Balaban J connectivity index is 1.99. The molecule has 90 valence electrons. The minimum Gasteiger partial charge on any atom is -0.821 e. The molecule has 2 heterocycles. The first-order chi connectivity index (χ1) is 8.74. The fourth-order valence-corrected chi connectivity index (χ4v) is 3.86. The van der Waals surface area contributed by atoms with Crippen LogP contribution in [-0.2, 0) is 0 Å². The zero-order chi connectivity index (χ0) is 12.5. The van der Waals surface area contributed by atoms with Crippen LogP contribution in [0.2, 0.25) is 5.02 Å². The second kappa shape index (κ2) is 4.80. The van der Waals surface area contributed by atoms with Gasteiger partial charge in [-0.15, -0.1) is 0 Å². The van der Waals surface area contributed by atoms with Gasteiger partial charge in [0.25, 0.3) is 4.83 Å². The third-order valence-electron chi connectivity index (χ3n) is 2.44. The van der Waals surface area contributed by atoms with E-state index >= 15 is 0 Å². The van der Waals surface area contributed by atoms with Crippen molar-refractivity contribution in [3.63, 3.8) is 0 Å². The molecular formula is C13H8ClNOS2. The van der Waals surface area contributed by atoms with Gasteiger partial charge in [0.1, 0.15) is 4.21 Å². The molecule has 0 fully saturated rings. The Labute approximate surface area is 117 Å². The highest BCUT2D eigenvalue weighted by Gasteiger charge is 2.13. The van der Waals surface area contributed by atoms with E-state index in [0.29, 0.717) is 5.02 Å². The van der Waals surface area contributed by atoms with Gasteiger partial charge in [0, 0.05) is 22.1 Å². The second-order valence-corrected chi connectivity index (χ2v) is 6.47. The summed E-state index contributed by atoms with van der Waals surface area (Å²) in [5.41, 5.74) is 0. The maximum Gasteiger partial charge on any atom is 0.267 e. The molecule has 1 aromatic carbocycles. The third kappa shape index (κ3) is 2.19. The van der Waals surface area contributed by atoms with Gasteiger partial charge in [-0.1, -0.05) is 34.7 Å². The maximum absolute atomic E-state index is 12.1. The predicted molar refractivity (Wildman–Crippen MR) is 72.5 cm³/mol. The number of pyridine rings is 1. The van der Waals surface area contributed by atoms with Gasteiger partial charge in [-0.05, 0) is 30.3 Å². The average molecular weight is 294 g/mol. The van der Waals surface area contributed by atoms with Crippen molar-refractivity contribution in [3.05, 3.63) is 53.7 Å². The molecule has 18 heavy (non-hydrogen) atoms. The first-order valence-corrected chi connectivity index (χ1v) is 7.29. The van der Waals surface area contributed by atoms with Gasteiger partial charge < -0.3 is 5.11 Å². The van der Waals surface area contributed by atoms with E-state index < -0.39 is 0 Å². The Morgan fingerprint density at radius 3 is 2.61 bits per heavy atom. The van der Waals surface area contributed by atoms with Crippen molar-refractivity contribution < 1.29 is 9.51 Å². The van der Waals surface area contributed by atoms with Crippen LogP contribution in [0.1, 0.15) is 0 Å². The van der Waals surface area contributed by atoms with Crippen molar-refractivity contribution >= 4 is 39.5 Å². The normalized spacial score (nSPS) is 10.9. The highest BCUT2D eigenvalue weighted by Crippen LogP contribution is 2.37. The van der Waals surface area contributed by atoms with Gasteiger partial charge in [-0.25, -0.2) is 0 Å². The lowest BCUT2D eigenvalue weighted by molar-refractivity contribution is -0.583. The highest BCUT2D eigenvalue weighted by molar-refractivity contribution is 8.01. The van der Waals surface area contributed by atoms with Crippen molar-refractivity contribution in [1.82, 2.24) is 0 Å². The maximum atomic E-state index is 12.1. The number of nitrogens with zero attached hydrogens (tertiary/aromatic N) is 1. The van der Waals surface area contributed by atoms with Crippen LogP contribution in [-0.4, -0.2) is 0 Å². The molecule has 2 aromatic heterocycles. The lowest BCUT2D eigenvalue weighted by Crippen LogP contribution is -2.22. The van der Waals surface area contributed by atoms with E-state index in [0.717, 1.165) is 13.9 Å². The van der Waals surface area contributed by atoms with Crippen molar-refractivity contribution in [2.24, 2.45) is 0 Å². The van der Waals surface area contributed by atoms with Crippen LogP contribution in [0, 0.1) is 0 Å². The Bertz CT molecular complexity index is 694. The van der Waals surface area contributed by atoms with Crippen LogP contribution in [0.3, 0.4) is 0 Å². The van der Waals surface area contributed by atoms with Crippen LogP contribution in [0.15, 0.2) is 57.8 Å². The minimum atomic E-state index is 0.0375. The van der Waals surface area contributed by atoms with Crippen molar-refractivity contribution in [2.45, 2.75) is 9.10 Å². The predicted octanol–water partition coefficient (Wildman–Crippen LogP) is 3.37. The van der Waals surface area contributed by atoms with Gasteiger partial charge in [-0.3, -0.25) is 0 Å². The van der Waals surface area contributed by atoms with E-state index in [-0.39, 0.29) is 5.88 Å². The standard InChI is InChI=1S/C13H8ClNOS2/c14-9-4-6-10(7-5-9)17-13-12(16)15-8-2-1-3-11(15)18-13/h1-8H. The Hall–Kier alpha value is -1.23. The van der Waals surface area contributed by atoms with E-state index in [2.05, 4.69) is 0 Å². The SMILES string of the molecule is [O-]c1c(Sc2ccc(Cl)cc2)sc2cccc[n+]12. The highest BCUT2D eigenvalue weighted by atomic mass is 35.5. The Morgan fingerprint density at radius 1 is 1.11 bits per heavy atom. The van der Waals surface area contributed by atoms with Crippen LogP contribution >= 0.6 is 34.7 Å². The summed E-state index contributed by atoms with van der Waals surface area (Å²) in [6, 6.07) is 13.2. The number of fused-ring (bicyclic) bond motifs is 1. The summed E-state index contributed by atoms with van der Waals surface area (Å²) in [4.78, 5) is 1.97. The van der Waals surface area contributed by atoms with E-state index in [1.165, 1.54) is 23.1 Å². The first kappa shape index (κ1) is 11.8. The molecule has 3 rings (SSSR count). The van der Waals surface area contributed by atoms with Crippen LogP contribution in [0.4, 0.5) is 0 Å². The zero-order valence-corrected chi connectivity index (χ0v) is 11.6. The zero-order valence-electron chi connectivity index (χ0n) is 9.17. The summed E-state index contributed by atoms with van der Waals surface area (Å²) < 4.78 is 2.44. The number of hydrogen-bond donors (Lipinski definition) is 0. The summed E-state index contributed by atoms with van der Waals surface area (Å²) in [6.45, 7) is 0. The molecule has 0 saturated carbocycles. The molecule has 0 unspecified atom stereocenters. The quantitative estimate of drug-likeness (QED) is 0.678. The molecule has 5 heteroatoms. The number of rotatable bonds is 2. The van der Waals surface area contributed by atoms with Crippen molar-refractivity contribution in [2.75, 3.05) is 0 Å². The van der Waals surface area contributed by atoms with Crippen LogP contribution in [0.5, 0.6) is 5.88 Å². The minimum absolute atomic E-state index is 0.0375.